The lowest BCUT2D eigenvalue weighted by Gasteiger charge is -2.10. The van der Waals surface area contributed by atoms with E-state index in [1.54, 1.807) is 0 Å². The van der Waals surface area contributed by atoms with Crippen molar-refractivity contribution in [3.63, 3.8) is 0 Å². The second-order valence-corrected chi connectivity index (χ2v) is 5.46. The molecule has 0 radical (unpaired) electrons. The molecule has 112 valence electrons. The van der Waals surface area contributed by atoms with Gasteiger partial charge >= 0.3 is 12.0 Å². The molecule has 8 heteroatoms. The van der Waals surface area contributed by atoms with Gasteiger partial charge in [0.25, 0.3) is 0 Å². The zero-order valence-electron chi connectivity index (χ0n) is 11.7. The zero-order chi connectivity index (χ0) is 15.0. The number of nitrogens with zero attached hydrogens (tertiary/aromatic N) is 2. The maximum Gasteiger partial charge on any atom is 0.355 e. The molecule has 0 aliphatic carbocycles. The number of hydrogen-bond acceptors (Lipinski definition) is 5. The molecule has 0 saturated heterocycles. The van der Waals surface area contributed by atoms with Crippen molar-refractivity contribution in [3.05, 3.63) is 16.1 Å². The number of hydrogen-bond donors (Lipinski definition) is 3. The third-order valence-corrected chi connectivity index (χ3v) is 3.37. The van der Waals surface area contributed by atoms with Gasteiger partial charge in [-0.3, -0.25) is 0 Å². The molecule has 3 N–H and O–H groups in total. The van der Waals surface area contributed by atoms with E-state index in [2.05, 4.69) is 20.5 Å². The number of aromatic carboxylic acids is 1. The first-order valence-electron chi connectivity index (χ1n) is 6.33. The summed E-state index contributed by atoms with van der Waals surface area (Å²) in [7, 11) is 3.97. The Morgan fingerprint density at radius 3 is 2.65 bits per heavy atom. The summed E-state index contributed by atoms with van der Waals surface area (Å²) in [4.78, 5) is 28.1. The molecule has 0 unspecified atom stereocenters. The number of nitrogens with one attached hydrogen (secondary N) is 2. The topological polar surface area (TPSA) is 94.6 Å². The summed E-state index contributed by atoms with van der Waals surface area (Å²) >= 11 is 1.29. The van der Waals surface area contributed by atoms with Crippen LogP contribution < -0.4 is 10.6 Å². The van der Waals surface area contributed by atoms with Crippen molar-refractivity contribution >= 4 is 23.3 Å². The highest BCUT2D eigenvalue weighted by molar-refractivity contribution is 7.09. The van der Waals surface area contributed by atoms with E-state index in [9.17, 15) is 9.59 Å². The van der Waals surface area contributed by atoms with Crippen molar-refractivity contribution in [2.75, 3.05) is 33.7 Å². The van der Waals surface area contributed by atoms with Crippen LogP contribution in [0.3, 0.4) is 0 Å². The summed E-state index contributed by atoms with van der Waals surface area (Å²) < 4.78 is 0. The molecule has 0 aliphatic heterocycles. The van der Waals surface area contributed by atoms with E-state index in [1.807, 2.05) is 14.1 Å². The number of aromatic nitrogens is 1. The molecule has 1 rings (SSSR count). The highest BCUT2D eigenvalue weighted by Crippen LogP contribution is 2.09. The van der Waals surface area contributed by atoms with E-state index in [1.165, 1.54) is 16.7 Å². The average Bonchev–Trinajstić information content (AvgIpc) is 2.83. The highest BCUT2D eigenvalue weighted by atomic mass is 32.1. The molecule has 0 bridgehead atoms. The Balaban J connectivity index is 2.13. The monoisotopic (exact) mass is 300 g/mol. The number of carbonyl (C=O) groups is 2. The summed E-state index contributed by atoms with van der Waals surface area (Å²) in [5.41, 5.74) is 0.0538. The minimum Gasteiger partial charge on any atom is -0.476 e. The largest absolute Gasteiger partial charge is 0.476 e. The number of amides is 2. The number of rotatable bonds is 8. The first-order chi connectivity index (χ1) is 9.49. The maximum absolute atomic E-state index is 11.4. The van der Waals surface area contributed by atoms with Gasteiger partial charge in [0, 0.05) is 24.9 Å². The van der Waals surface area contributed by atoms with Crippen molar-refractivity contribution in [3.8, 4) is 0 Å². The number of carboxylic acids is 1. The Hall–Kier alpha value is -1.67. The Labute approximate surface area is 122 Å². The maximum atomic E-state index is 11.4. The minimum atomic E-state index is -1.03. The van der Waals surface area contributed by atoms with E-state index in [-0.39, 0.29) is 11.7 Å². The fraction of sp³-hybridized carbons (Fsp3) is 0.583. The van der Waals surface area contributed by atoms with Crippen LogP contribution in [-0.4, -0.2) is 60.7 Å². The Kier molecular flexibility index (Phi) is 6.96. The van der Waals surface area contributed by atoms with Gasteiger partial charge in [-0.05, 0) is 27.1 Å². The lowest BCUT2D eigenvalue weighted by atomic mass is 10.4. The van der Waals surface area contributed by atoms with Gasteiger partial charge in [-0.2, -0.15) is 0 Å². The van der Waals surface area contributed by atoms with Gasteiger partial charge in [0.1, 0.15) is 0 Å². The van der Waals surface area contributed by atoms with Gasteiger partial charge in [0.2, 0.25) is 0 Å². The summed E-state index contributed by atoms with van der Waals surface area (Å²) in [5, 5.41) is 16.4. The Bertz CT molecular complexity index is 448. The van der Waals surface area contributed by atoms with E-state index >= 15 is 0 Å². The normalized spacial score (nSPS) is 10.6. The van der Waals surface area contributed by atoms with Gasteiger partial charge in [-0.25, -0.2) is 14.6 Å². The summed E-state index contributed by atoms with van der Waals surface area (Å²) in [6, 6.07) is -0.209. The standard InChI is InChI=1S/C12H20N4O3S/c1-16(2)7-3-5-13-12(19)14-6-4-10-15-9(8-20-10)11(17)18/h8H,3-7H2,1-2H3,(H,17,18)(H2,13,14,19). The Morgan fingerprint density at radius 2 is 2.05 bits per heavy atom. The minimum absolute atomic E-state index is 0.0538. The van der Waals surface area contributed by atoms with Crippen molar-refractivity contribution in [1.29, 1.82) is 0 Å². The number of carbonyl (C=O) groups excluding carboxylic acids is 1. The van der Waals surface area contributed by atoms with E-state index in [4.69, 9.17) is 5.11 Å². The van der Waals surface area contributed by atoms with Gasteiger partial charge in [-0.15, -0.1) is 11.3 Å². The molecular weight excluding hydrogens is 280 g/mol. The first kappa shape index (κ1) is 16.4. The summed E-state index contributed by atoms with van der Waals surface area (Å²) in [5.74, 6) is -1.03. The van der Waals surface area contributed by atoms with Crippen LogP contribution in [0.2, 0.25) is 0 Å². The number of thiazole rings is 1. The highest BCUT2D eigenvalue weighted by Gasteiger charge is 2.08. The molecule has 1 aromatic rings. The molecule has 1 aromatic heterocycles. The van der Waals surface area contributed by atoms with Crippen LogP contribution in [0.15, 0.2) is 5.38 Å². The second-order valence-electron chi connectivity index (χ2n) is 4.52. The molecule has 0 fully saturated rings. The van der Waals surface area contributed by atoms with Gasteiger partial charge in [-0.1, -0.05) is 0 Å². The van der Waals surface area contributed by atoms with Crippen LogP contribution in [0, 0.1) is 0 Å². The number of urea groups is 1. The zero-order valence-corrected chi connectivity index (χ0v) is 12.5. The third kappa shape index (κ3) is 6.48. The molecule has 20 heavy (non-hydrogen) atoms. The predicted molar refractivity (Wildman–Crippen MR) is 77.3 cm³/mol. The first-order valence-corrected chi connectivity index (χ1v) is 7.21. The molecule has 0 atom stereocenters. The van der Waals surface area contributed by atoms with E-state index in [0.29, 0.717) is 24.5 Å². The molecular formula is C12H20N4O3S. The molecule has 0 spiro atoms. The van der Waals surface area contributed by atoms with Crippen molar-refractivity contribution < 1.29 is 14.7 Å². The van der Waals surface area contributed by atoms with Crippen molar-refractivity contribution in [2.24, 2.45) is 0 Å². The smallest absolute Gasteiger partial charge is 0.355 e. The SMILES string of the molecule is CN(C)CCCNC(=O)NCCc1nc(C(=O)O)cs1. The van der Waals surface area contributed by atoms with Crippen LogP contribution in [0.25, 0.3) is 0 Å². The van der Waals surface area contributed by atoms with Crippen molar-refractivity contribution in [1.82, 2.24) is 20.5 Å². The van der Waals surface area contributed by atoms with E-state index < -0.39 is 5.97 Å². The molecule has 7 nitrogen and oxygen atoms in total. The third-order valence-electron chi connectivity index (χ3n) is 2.46. The number of carboxylic acid groups (broad SMARTS) is 1. The molecule has 2 amide bonds. The Morgan fingerprint density at radius 1 is 1.35 bits per heavy atom. The predicted octanol–water partition coefficient (Wildman–Crippen LogP) is 0.635. The second kappa shape index (κ2) is 8.49. The average molecular weight is 300 g/mol. The fourth-order valence-corrected chi connectivity index (χ4v) is 2.24. The van der Waals surface area contributed by atoms with Crippen LogP contribution in [-0.2, 0) is 6.42 Å². The van der Waals surface area contributed by atoms with Crippen LogP contribution in [0.5, 0.6) is 0 Å². The lowest BCUT2D eigenvalue weighted by molar-refractivity contribution is 0.0691. The van der Waals surface area contributed by atoms with Crippen molar-refractivity contribution in [2.45, 2.75) is 12.8 Å². The molecule has 0 aliphatic rings. The van der Waals surface area contributed by atoms with Crippen LogP contribution >= 0.6 is 11.3 Å². The van der Waals surface area contributed by atoms with Gasteiger partial charge in [0.05, 0.1) is 5.01 Å². The van der Waals surface area contributed by atoms with Crippen LogP contribution in [0.4, 0.5) is 4.79 Å². The molecule has 0 aromatic carbocycles. The fourth-order valence-electron chi connectivity index (χ4n) is 1.47. The molecule has 1 heterocycles. The van der Waals surface area contributed by atoms with Crippen LogP contribution in [0.1, 0.15) is 21.9 Å². The molecule has 0 saturated carbocycles. The van der Waals surface area contributed by atoms with Gasteiger partial charge in [0.15, 0.2) is 5.69 Å². The quantitative estimate of drug-likeness (QED) is 0.612. The lowest BCUT2D eigenvalue weighted by Crippen LogP contribution is -2.37. The van der Waals surface area contributed by atoms with Gasteiger partial charge < -0.3 is 20.6 Å². The summed E-state index contributed by atoms with van der Waals surface area (Å²) in [6.45, 7) is 1.99. The van der Waals surface area contributed by atoms with E-state index in [0.717, 1.165) is 13.0 Å². The summed E-state index contributed by atoms with van der Waals surface area (Å²) in [6.07, 6.45) is 1.43.